The van der Waals surface area contributed by atoms with Gasteiger partial charge in [-0.3, -0.25) is 0 Å². The van der Waals surface area contributed by atoms with Crippen LogP contribution in [0.15, 0.2) is 48.5 Å². The van der Waals surface area contributed by atoms with Gasteiger partial charge in [-0.15, -0.1) is 0 Å². The standard InChI is InChI=1S/C19H24N2O3/c1-4-14(15-8-6-5-7-9-15)13-20-19(22)21-16-10-11-17(23-2)18(12-16)24-3/h5-12,14H,4,13H2,1-3H3,(H2,20,21,22). The number of benzene rings is 2. The van der Waals surface area contributed by atoms with Crippen LogP contribution in [0.5, 0.6) is 11.5 Å². The molecule has 0 heterocycles. The van der Waals surface area contributed by atoms with Gasteiger partial charge in [0.15, 0.2) is 11.5 Å². The molecule has 0 aromatic heterocycles. The van der Waals surface area contributed by atoms with Crippen LogP contribution in [-0.2, 0) is 0 Å². The minimum Gasteiger partial charge on any atom is -0.493 e. The minimum atomic E-state index is -0.239. The van der Waals surface area contributed by atoms with Crippen LogP contribution in [0, 0.1) is 0 Å². The highest BCUT2D eigenvalue weighted by molar-refractivity contribution is 5.89. The Morgan fingerprint density at radius 3 is 2.38 bits per heavy atom. The van der Waals surface area contributed by atoms with E-state index in [9.17, 15) is 4.79 Å². The van der Waals surface area contributed by atoms with E-state index in [1.54, 1.807) is 32.4 Å². The molecule has 24 heavy (non-hydrogen) atoms. The molecule has 2 rings (SSSR count). The van der Waals surface area contributed by atoms with Gasteiger partial charge in [0, 0.05) is 24.2 Å². The molecule has 5 nitrogen and oxygen atoms in total. The normalized spacial score (nSPS) is 11.5. The second kappa shape index (κ2) is 8.82. The molecule has 5 heteroatoms. The molecule has 2 aromatic rings. The van der Waals surface area contributed by atoms with E-state index in [2.05, 4.69) is 29.7 Å². The van der Waals surface area contributed by atoms with E-state index in [1.165, 1.54) is 5.56 Å². The molecule has 1 atom stereocenters. The third-order valence-corrected chi connectivity index (χ3v) is 3.91. The molecule has 0 aliphatic carbocycles. The van der Waals surface area contributed by atoms with Crippen LogP contribution in [-0.4, -0.2) is 26.8 Å². The number of nitrogens with one attached hydrogen (secondary N) is 2. The molecule has 0 aliphatic heterocycles. The Kier molecular flexibility index (Phi) is 6.49. The van der Waals surface area contributed by atoms with Crippen molar-refractivity contribution in [2.75, 3.05) is 26.1 Å². The van der Waals surface area contributed by atoms with Gasteiger partial charge in [0.25, 0.3) is 0 Å². The van der Waals surface area contributed by atoms with Gasteiger partial charge in [-0.1, -0.05) is 37.3 Å². The third-order valence-electron chi connectivity index (χ3n) is 3.91. The number of hydrogen-bond donors (Lipinski definition) is 2. The first-order valence-electron chi connectivity index (χ1n) is 7.99. The number of amides is 2. The Morgan fingerprint density at radius 2 is 1.75 bits per heavy atom. The monoisotopic (exact) mass is 328 g/mol. The first-order chi connectivity index (χ1) is 11.7. The summed E-state index contributed by atoms with van der Waals surface area (Å²) in [7, 11) is 3.14. The van der Waals surface area contributed by atoms with E-state index < -0.39 is 0 Å². The molecule has 0 fully saturated rings. The average Bonchev–Trinajstić information content (AvgIpc) is 2.63. The fraction of sp³-hybridized carbons (Fsp3) is 0.316. The average molecular weight is 328 g/mol. The maximum absolute atomic E-state index is 12.1. The van der Waals surface area contributed by atoms with E-state index >= 15 is 0 Å². The van der Waals surface area contributed by atoms with Crippen molar-refractivity contribution in [3.63, 3.8) is 0 Å². The van der Waals surface area contributed by atoms with Gasteiger partial charge < -0.3 is 20.1 Å². The van der Waals surface area contributed by atoms with Crippen molar-refractivity contribution in [3.8, 4) is 11.5 Å². The van der Waals surface area contributed by atoms with E-state index in [4.69, 9.17) is 9.47 Å². The lowest BCUT2D eigenvalue weighted by molar-refractivity contribution is 0.251. The summed E-state index contributed by atoms with van der Waals surface area (Å²) >= 11 is 0. The SMILES string of the molecule is CCC(CNC(=O)Nc1ccc(OC)c(OC)c1)c1ccccc1. The summed E-state index contributed by atoms with van der Waals surface area (Å²) < 4.78 is 10.4. The van der Waals surface area contributed by atoms with E-state index in [0.717, 1.165) is 6.42 Å². The number of carbonyl (C=O) groups is 1. The summed E-state index contributed by atoms with van der Waals surface area (Å²) in [5, 5.41) is 5.74. The van der Waals surface area contributed by atoms with Gasteiger partial charge in [0.05, 0.1) is 14.2 Å². The molecule has 0 bridgehead atoms. The number of ether oxygens (including phenoxy) is 2. The first kappa shape index (κ1) is 17.7. The van der Waals surface area contributed by atoms with Crippen LogP contribution in [0.2, 0.25) is 0 Å². The highest BCUT2D eigenvalue weighted by atomic mass is 16.5. The van der Waals surface area contributed by atoms with Gasteiger partial charge in [0.2, 0.25) is 0 Å². The van der Waals surface area contributed by atoms with Crippen molar-refractivity contribution in [2.24, 2.45) is 0 Å². The molecule has 2 N–H and O–H groups in total. The van der Waals surface area contributed by atoms with Crippen molar-refractivity contribution in [3.05, 3.63) is 54.1 Å². The van der Waals surface area contributed by atoms with Crippen LogP contribution in [0.3, 0.4) is 0 Å². The van der Waals surface area contributed by atoms with E-state index in [1.807, 2.05) is 18.2 Å². The Balaban J connectivity index is 1.93. The summed E-state index contributed by atoms with van der Waals surface area (Å²) in [6, 6.07) is 15.2. The van der Waals surface area contributed by atoms with Crippen molar-refractivity contribution >= 4 is 11.7 Å². The molecule has 2 amide bonds. The lowest BCUT2D eigenvalue weighted by Crippen LogP contribution is -2.32. The summed E-state index contributed by atoms with van der Waals surface area (Å²) in [4.78, 5) is 12.1. The molecule has 0 radical (unpaired) electrons. The Labute approximate surface area is 143 Å². The Bertz CT molecular complexity index is 659. The number of hydrogen-bond acceptors (Lipinski definition) is 3. The first-order valence-corrected chi connectivity index (χ1v) is 7.99. The molecular weight excluding hydrogens is 304 g/mol. The maximum atomic E-state index is 12.1. The van der Waals surface area contributed by atoms with Gasteiger partial charge >= 0.3 is 6.03 Å². The quantitative estimate of drug-likeness (QED) is 0.807. The molecule has 0 spiro atoms. The highest BCUT2D eigenvalue weighted by Gasteiger charge is 2.11. The minimum absolute atomic E-state index is 0.239. The lowest BCUT2D eigenvalue weighted by atomic mass is 9.97. The third kappa shape index (κ3) is 4.65. The number of anilines is 1. The number of rotatable bonds is 7. The van der Waals surface area contributed by atoms with Crippen LogP contribution in [0.4, 0.5) is 10.5 Å². The predicted octanol–water partition coefficient (Wildman–Crippen LogP) is 4.02. The van der Waals surface area contributed by atoms with Gasteiger partial charge in [0.1, 0.15) is 0 Å². The molecule has 128 valence electrons. The zero-order valence-electron chi connectivity index (χ0n) is 14.3. The van der Waals surface area contributed by atoms with Crippen LogP contribution < -0.4 is 20.1 Å². The maximum Gasteiger partial charge on any atom is 0.319 e. The van der Waals surface area contributed by atoms with Crippen molar-refractivity contribution < 1.29 is 14.3 Å². The molecule has 0 saturated carbocycles. The summed E-state index contributed by atoms with van der Waals surface area (Å²) in [5.41, 5.74) is 1.88. The van der Waals surface area contributed by atoms with E-state index in [0.29, 0.717) is 29.6 Å². The van der Waals surface area contributed by atoms with Crippen LogP contribution >= 0.6 is 0 Å². The van der Waals surface area contributed by atoms with Crippen molar-refractivity contribution in [2.45, 2.75) is 19.3 Å². The topological polar surface area (TPSA) is 59.6 Å². The molecule has 2 aromatic carbocycles. The van der Waals surface area contributed by atoms with Crippen LogP contribution in [0.1, 0.15) is 24.8 Å². The van der Waals surface area contributed by atoms with E-state index in [-0.39, 0.29) is 6.03 Å². The van der Waals surface area contributed by atoms with Crippen molar-refractivity contribution in [1.29, 1.82) is 0 Å². The zero-order valence-corrected chi connectivity index (χ0v) is 14.3. The van der Waals surface area contributed by atoms with Gasteiger partial charge in [-0.05, 0) is 24.1 Å². The zero-order chi connectivity index (χ0) is 17.4. The number of methoxy groups -OCH3 is 2. The fourth-order valence-electron chi connectivity index (χ4n) is 2.53. The second-order valence-corrected chi connectivity index (χ2v) is 5.42. The predicted molar refractivity (Wildman–Crippen MR) is 96.0 cm³/mol. The Morgan fingerprint density at radius 1 is 1.04 bits per heavy atom. The summed E-state index contributed by atoms with van der Waals surface area (Å²) in [6.45, 7) is 2.70. The van der Waals surface area contributed by atoms with Gasteiger partial charge in [-0.2, -0.15) is 0 Å². The number of urea groups is 1. The molecule has 0 saturated heterocycles. The van der Waals surface area contributed by atoms with Gasteiger partial charge in [-0.25, -0.2) is 4.79 Å². The fourth-order valence-corrected chi connectivity index (χ4v) is 2.53. The molecule has 0 aliphatic rings. The van der Waals surface area contributed by atoms with Crippen molar-refractivity contribution in [1.82, 2.24) is 5.32 Å². The highest BCUT2D eigenvalue weighted by Crippen LogP contribution is 2.29. The molecule has 1 unspecified atom stereocenters. The summed E-state index contributed by atoms with van der Waals surface area (Å²) in [6.07, 6.45) is 0.959. The smallest absolute Gasteiger partial charge is 0.319 e. The number of carbonyl (C=O) groups excluding carboxylic acids is 1. The van der Waals surface area contributed by atoms with Crippen LogP contribution in [0.25, 0.3) is 0 Å². The Hall–Kier alpha value is -2.69. The summed E-state index contributed by atoms with van der Waals surface area (Å²) in [5.74, 6) is 1.49. The second-order valence-electron chi connectivity index (χ2n) is 5.42. The lowest BCUT2D eigenvalue weighted by Gasteiger charge is -2.17. The largest absolute Gasteiger partial charge is 0.493 e. The molecular formula is C19H24N2O3.